The number of hydrogen-bond acceptors (Lipinski definition) is 2. The molecule has 0 atom stereocenters. The summed E-state index contributed by atoms with van der Waals surface area (Å²) in [5.41, 5.74) is 2.21. The van der Waals surface area contributed by atoms with Gasteiger partial charge in [-0.3, -0.25) is 10.1 Å². The van der Waals surface area contributed by atoms with Crippen LogP contribution in [0.4, 0.5) is 5.69 Å². The maximum absolute atomic E-state index is 12.0. The molecule has 0 saturated heterocycles. The monoisotopic (exact) mass is 338 g/mol. The van der Waals surface area contributed by atoms with Gasteiger partial charge in [0.05, 0.1) is 0 Å². The summed E-state index contributed by atoms with van der Waals surface area (Å²) >= 11 is 16.8. The number of anilines is 1. The van der Waals surface area contributed by atoms with Crippen molar-refractivity contribution in [2.75, 3.05) is 5.32 Å². The molecule has 0 aliphatic heterocycles. The molecule has 0 saturated carbocycles. The van der Waals surface area contributed by atoms with E-state index in [0.717, 1.165) is 11.3 Å². The summed E-state index contributed by atoms with van der Waals surface area (Å²) in [5, 5.41) is 6.93. The van der Waals surface area contributed by atoms with Crippen molar-refractivity contribution in [3.05, 3.63) is 63.6 Å². The molecule has 0 heterocycles. The molecular weight excluding hydrogens is 327 g/mol. The van der Waals surface area contributed by atoms with E-state index in [4.69, 9.17) is 35.4 Å². The van der Waals surface area contributed by atoms with Gasteiger partial charge in [0, 0.05) is 21.3 Å². The quantitative estimate of drug-likeness (QED) is 0.796. The van der Waals surface area contributed by atoms with Crippen molar-refractivity contribution >= 4 is 52.1 Å². The average molecular weight is 339 g/mol. The number of thiocarbonyl (C=S) groups is 1. The molecule has 3 nitrogen and oxygen atoms in total. The van der Waals surface area contributed by atoms with Crippen LogP contribution in [0.2, 0.25) is 10.0 Å². The number of hydrogen-bond donors (Lipinski definition) is 2. The van der Waals surface area contributed by atoms with E-state index in [1.54, 1.807) is 36.4 Å². The van der Waals surface area contributed by atoms with E-state index in [-0.39, 0.29) is 11.0 Å². The molecule has 21 heavy (non-hydrogen) atoms. The molecule has 2 rings (SSSR count). The summed E-state index contributed by atoms with van der Waals surface area (Å²) in [5.74, 6) is -0.302. The summed E-state index contributed by atoms with van der Waals surface area (Å²) in [6.07, 6.45) is 0. The molecule has 0 bridgehead atoms. The normalized spacial score (nSPS) is 10.0. The molecule has 1 amide bonds. The van der Waals surface area contributed by atoms with Crippen LogP contribution in [0, 0.1) is 6.92 Å². The zero-order chi connectivity index (χ0) is 15.4. The van der Waals surface area contributed by atoms with Crippen LogP contribution in [-0.4, -0.2) is 11.0 Å². The van der Waals surface area contributed by atoms with Gasteiger partial charge in [0.2, 0.25) is 0 Å². The lowest BCUT2D eigenvalue weighted by Gasteiger charge is -2.12. The summed E-state index contributed by atoms with van der Waals surface area (Å²) in [7, 11) is 0. The van der Waals surface area contributed by atoms with Crippen molar-refractivity contribution in [2.24, 2.45) is 0 Å². The van der Waals surface area contributed by atoms with Crippen LogP contribution in [0.3, 0.4) is 0 Å². The predicted octanol–water partition coefficient (Wildman–Crippen LogP) is 4.43. The average Bonchev–Trinajstić information content (AvgIpc) is 2.43. The summed E-state index contributed by atoms with van der Waals surface area (Å²) < 4.78 is 0. The van der Waals surface area contributed by atoms with Crippen LogP contribution in [-0.2, 0) is 0 Å². The Hall–Kier alpha value is -1.62. The topological polar surface area (TPSA) is 41.1 Å². The number of carbonyl (C=O) groups is 1. The second-order valence-electron chi connectivity index (χ2n) is 4.37. The van der Waals surface area contributed by atoms with Gasteiger partial charge in [0.25, 0.3) is 5.91 Å². The second-order valence-corrected chi connectivity index (χ2v) is 5.66. The van der Waals surface area contributed by atoms with Crippen LogP contribution in [0.15, 0.2) is 42.5 Å². The fourth-order valence-electron chi connectivity index (χ4n) is 1.66. The third-order valence-corrected chi connectivity index (χ3v) is 3.47. The first-order chi connectivity index (χ1) is 9.95. The standard InChI is InChI=1S/C15H12Cl2N2OS/c1-9-2-5-12(17)8-13(9)18-15(21)19-14(20)10-3-6-11(16)7-4-10/h2-8H,1H3,(H2,18,19,20,21). The van der Waals surface area contributed by atoms with Gasteiger partial charge in [0.1, 0.15) is 0 Å². The number of benzene rings is 2. The Morgan fingerprint density at radius 3 is 2.33 bits per heavy atom. The van der Waals surface area contributed by atoms with Crippen molar-refractivity contribution in [3.8, 4) is 0 Å². The van der Waals surface area contributed by atoms with Gasteiger partial charge in [-0.15, -0.1) is 0 Å². The van der Waals surface area contributed by atoms with Gasteiger partial charge in [-0.25, -0.2) is 0 Å². The van der Waals surface area contributed by atoms with E-state index < -0.39 is 0 Å². The number of nitrogens with one attached hydrogen (secondary N) is 2. The first kappa shape index (κ1) is 15.8. The Morgan fingerprint density at radius 2 is 1.67 bits per heavy atom. The van der Waals surface area contributed by atoms with Gasteiger partial charge in [-0.05, 0) is 61.1 Å². The van der Waals surface area contributed by atoms with E-state index in [2.05, 4.69) is 10.6 Å². The van der Waals surface area contributed by atoms with Gasteiger partial charge < -0.3 is 5.32 Å². The number of amides is 1. The molecule has 0 spiro atoms. The molecular formula is C15H12Cl2N2OS. The Kier molecular flexibility index (Phi) is 5.17. The first-order valence-corrected chi connectivity index (χ1v) is 7.26. The van der Waals surface area contributed by atoms with Gasteiger partial charge >= 0.3 is 0 Å². The fraction of sp³-hybridized carbons (Fsp3) is 0.0667. The molecule has 0 radical (unpaired) electrons. The van der Waals surface area contributed by atoms with Crippen LogP contribution in [0.1, 0.15) is 15.9 Å². The van der Waals surface area contributed by atoms with Gasteiger partial charge in [0.15, 0.2) is 5.11 Å². The second kappa shape index (κ2) is 6.89. The lowest BCUT2D eigenvalue weighted by molar-refractivity contribution is 0.0978. The number of halogens is 2. The highest BCUT2D eigenvalue weighted by atomic mass is 35.5. The van der Waals surface area contributed by atoms with Crippen molar-refractivity contribution in [2.45, 2.75) is 6.92 Å². The maximum atomic E-state index is 12.0. The molecule has 0 fully saturated rings. The third-order valence-electron chi connectivity index (χ3n) is 2.78. The summed E-state index contributed by atoms with van der Waals surface area (Å²) in [4.78, 5) is 12.0. The lowest BCUT2D eigenvalue weighted by atomic mass is 10.2. The van der Waals surface area contributed by atoms with E-state index in [9.17, 15) is 4.79 Å². The molecule has 6 heteroatoms. The third kappa shape index (κ3) is 4.43. The SMILES string of the molecule is Cc1ccc(Cl)cc1NC(=S)NC(=O)c1ccc(Cl)cc1. The minimum absolute atomic E-state index is 0.209. The highest BCUT2D eigenvalue weighted by molar-refractivity contribution is 7.80. The zero-order valence-electron chi connectivity index (χ0n) is 11.1. The number of carbonyl (C=O) groups excluding carboxylic acids is 1. The van der Waals surface area contributed by atoms with Crippen molar-refractivity contribution in [1.29, 1.82) is 0 Å². The maximum Gasteiger partial charge on any atom is 0.257 e. The van der Waals surface area contributed by atoms with E-state index in [1.165, 1.54) is 0 Å². The minimum Gasteiger partial charge on any atom is -0.332 e. The fourth-order valence-corrected chi connectivity index (χ4v) is 2.16. The zero-order valence-corrected chi connectivity index (χ0v) is 13.4. The summed E-state index contributed by atoms with van der Waals surface area (Å²) in [6, 6.07) is 12.0. The Bertz CT molecular complexity index is 687. The molecule has 0 aromatic heterocycles. The van der Waals surface area contributed by atoms with Gasteiger partial charge in [-0.2, -0.15) is 0 Å². The highest BCUT2D eigenvalue weighted by Crippen LogP contribution is 2.20. The predicted molar refractivity (Wildman–Crippen MR) is 91.3 cm³/mol. The van der Waals surface area contributed by atoms with E-state index in [0.29, 0.717) is 15.6 Å². The van der Waals surface area contributed by atoms with Crippen LogP contribution in [0.5, 0.6) is 0 Å². The van der Waals surface area contributed by atoms with Crippen LogP contribution < -0.4 is 10.6 Å². The Labute approximate surface area is 138 Å². The smallest absolute Gasteiger partial charge is 0.257 e. The van der Waals surface area contributed by atoms with Crippen LogP contribution in [0.25, 0.3) is 0 Å². The van der Waals surface area contributed by atoms with Gasteiger partial charge in [-0.1, -0.05) is 29.3 Å². The van der Waals surface area contributed by atoms with E-state index >= 15 is 0 Å². The number of rotatable bonds is 2. The molecule has 0 aliphatic carbocycles. The number of aryl methyl sites for hydroxylation is 1. The largest absolute Gasteiger partial charge is 0.332 e. The molecule has 0 aliphatic rings. The van der Waals surface area contributed by atoms with E-state index in [1.807, 2.05) is 13.0 Å². The first-order valence-electron chi connectivity index (χ1n) is 6.10. The van der Waals surface area contributed by atoms with Crippen LogP contribution >= 0.6 is 35.4 Å². The molecule has 2 aromatic rings. The molecule has 108 valence electrons. The Morgan fingerprint density at radius 1 is 1.05 bits per heavy atom. The minimum atomic E-state index is -0.302. The highest BCUT2D eigenvalue weighted by Gasteiger charge is 2.09. The molecule has 2 aromatic carbocycles. The molecule has 2 N–H and O–H groups in total. The van der Waals surface area contributed by atoms with Crippen molar-refractivity contribution < 1.29 is 4.79 Å². The Balaban J connectivity index is 2.03. The van der Waals surface area contributed by atoms with Crippen molar-refractivity contribution in [3.63, 3.8) is 0 Å². The molecule has 0 unspecified atom stereocenters. The van der Waals surface area contributed by atoms with Crippen molar-refractivity contribution in [1.82, 2.24) is 5.32 Å². The lowest BCUT2D eigenvalue weighted by Crippen LogP contribution is -2.34. The summed E-state index contributed by atoms with van der Waals surface area (Å²) in [6.45, 7) is 1.92.